The van der Waals surface area contributed by atoms with Crippen LogP contribution in [0.1, 0.15) is 16.1 Å². The van der Waals surface area contributed by atoms with Crippen LogP contribution in [0.15, 0.2) is 36.5 Å². The molecule has 0 aliphatic carbocycles. The van der Waals surface area contributed by atoms with Gasteiger partial charge in [-0.3, -0.25) is 9.78 Å². The third-order valence-electron chi connectivity index (χ3n) is 2.40. The molecule has 0 aromatic carbocycles. The molecule has 5 nitrogen and oxygen atoms in total. The average Bonchev–Trinajstić information content (AvgIpc) is 2.45. The standard InChI is InChI=1S/C13H12ClN3O2/c1-19-12-7-9(6-11(14)17-12)13(18)16-8-10-4-2-3-5-15-10/h2-7H,8H2,1H3,(H,16,18). The van der Waals surface area contributed by atoms with Crippen LogP contribution in [0.2, 0.25) is 5.15 Å². The van der Waals surface area contributed by atoms with Crippen molar-refractivity contribution in [2.75, 3.05) is 7.11 Å². The van der Waals surface area contributed by atoms with Gasteiger partial charge in [-0.1, -0.05) is 17.7 Å². The van der Waals surface area contributed by atoms with Crippen LogP contribution in [-0.4, -0.2) is 23.0 Å². The Morgan fingerprint density at radius 3 is 2.95 bits per heavy atom. The quantitative estimate of drug-likeness (QED) is 0.869. The van der Waals surface area contributed by atoms with Gasteiger partial charge < -0.3 is 10.1 Å². The van der Waals surface area contributed by atoms with Gasteiger partial charge in [-0.15, -0.1) is 0 Å². The maximum absolute atomic E-state index is 12.0. The van der Waals surface area contributed by atoms with E-state index in [1.165, 1.54) is 19.2 Å². The molecule has 2 heterocycles. The summed E-state index contributed by atoms with van der Waals surface area (Å²) in [5.74, 6) is 0.0451. The molecule has 2 aromatic rings. The van der Waals surface area contributed by atoms with Crippen LogP contribution in [0.25, 0.3) is 0 Å². The van der Waals surface area contributed by atoms with E-state index in [-0.39, 0.29) is 11.1 Å². The second-order valence-corrected chi connectivity index (χ2v) is 4.11. The van der Waals surface area contributed by atoms with Crippen molar-refractivity contribution in [2.24, 2.45) is 0 Å². The number of aromatic nitrogens is 2. The minimum absolute atomic E-state index is 0.210. The molecular weight excluding hydrogens is 266 g/mol. The first-order valence-electron chi connectivity index (χ1n) is 5.58. The fourth-order valence-corrected chi connectivity index (χ4v) is 1.68. The molecule has 19 heavy (non-hydrogen) atoms. The van der Waals surface area contributed by atoms with E-state index in [0.29, 0.717) is 18.0 Å². The lowest BCUT2D eigenvalue weighted by Crippen LogP contribution is -2.23. The van der Waals surface area contributed by atoms with Gasteiger partial charge >= 0.3 is 0 Å². The first-order chi connectivity index (χ1) is 9.19. The fraction of sp³-hybridized carbons (Fsp3) is 0.154. The van der Waals surface area contributed by atoms with Gasteiger partial charge in [0.2, 0.25) is 5.88 Å². The molecule has 2 rings (SSSR count). The van der Waals surface area contributed by atoms with Crippen LogP contribution in [0, 0.1) is 0 Å². The van der Waals surface area contributed by atoms with E-state index in [1.807, 2.05) is 18.2 Å². The highest BCUT2D eigenvalue weighted by molar-refractivity contribution is 6.29. The van der Waals surface area contributed by atoms with Crippen molar-refractivity contribution in [1.82, 2.24) is 15.3 Å². The molecular formula is C13H12ClN3O2. The third-order valence-corrected chi connectivity index (χ3v) is 2.59. The summed E-state index contributed by atoms with van der Waals surface area (Å²) in [6.45, 7) is 0.349. The Bertz CT molecular complexity index is 575. The number of hydrogen-bond donors (Lipinski definition) is 1. The van der Waals surface area contributed by atoms with Crippen LogP contribution >= 0.6 is 11.6 Å². The minimum Gasteiger partial charge on any atom is -0.481 e. The highest BCUT2D eigenvalue weighted by Gasteiger charge is 2.09. The van der Waals surface area contributed by atoms with Gasteiger partial charge in [0.25, 0.3) is 5.91 Å². The molecule has 1 N–H and O–H groups in total. The summed E-state index contributed by atoms with van der Waals surface area (Å²) in [7, 11) is 1.47. The smallest absolute Gasteiger partial charge is 0.251 e. The number of carbonyl (C=O) groups is 1. The number of rotatable bonds is 4. The minimum atomic E-state index is -0.256. The maximum atomic E-state index is 12.0. The second-order valence-electron chi connectivity index (χ2n) is 3.72. The lowest BCUT2D eigenvalue weighted by atomic mass is 10.2. The number of methoxy groups -OCH3 is 1. The third kappa shape index (κ3) is 3.66. The SMILES string of the molecule is COc1cc(C(=O)NCc2ccccn2)cc(Cl)n1. The predicted molar refractivity (Wildman–Crippen MR) is 71.2 cm³/mol. The van der Waals surface area contributed by atoms with Crippen molar-refractivity contribution >= 4 is 17.5 Å². The molecule has 0 radical (unpaired) electrons. The van der Waals surface area contributed by atoms with Crippen molar-refractivity contribution < 1.29 is 9.53 Å². The van der Waals surface area contributed by atoms with Gasteiger partial charge in [-0.05, 0) is 18.2 Å². The van der Waals surface area contributed by atoms with Crippen LogP contribution in [0.5, 0.6) is 5.88 Å². The largest absolute Gasteiger partial charge is 0.481 e. The summed E-state index contributed by atoms with van der Waals surface area (Å²) in [5, 5.41) is 2.96. The normalized spacial score (nSPS) is 10.0. The summed E-state index contributed by atoms with van der Waals surface area (Å²) in [4.78, 5) is 20.0. The zero-order valence-corrected chi connectivity index (χ0v) is 11.0. The van der Waals surface area contributed by atoms with Crippen LogP contribution in [-0.2, 0) is 6.54 Å². The van der Waals surface area contributed by atoms with E-state index >= 15 is 0 Å². The number of nitrogens with zero attached hydrogens (tertiary/aromatic N) is 2. The van der Waals surface area contributed by atoms with E-state index in [9.17, 15) is 4.79 Å². The maximum Gasteiger partial charge on any atom is 0.251 e. The predicted octanol–water partition coefficient (Wildman–Crippen LogP) is 2.07. The summed E-state index contributed by atoms with van der Waals surface area (Å²) >= 11 is 5.81. The molecule has 2 aromatic heterocycles. The number of ether oxygens (including phenoxy) is 1. The second kappa shape index (κ2) is 6.15. The molecule has 0 spiro atoms. The van der Waals surface area contributed by atoms with Gasteiger partial charge in [0, 0.05) is 17.8 Å². The molecule has 0 aliphatic rings. The number of amides is 1. The number of halogens is 1. The summed E-state index contributed by atoms with van der Waals surface area (Å²) in [6.07, 6.45) is 1.67. The van der Waals surface area contributed by atoms with Gasteiger partial charge in [0.05, 0.1) is 19.3 Å². The molecule has 0 unspecified atom stereocenters. The molecule has 1 amide bonds. The van der Waals surface area contributed by atoms with Crippen LogP contribution < -0.4 is 10.1 Å². The summed E-state index contributed by atoms with van der Waals surface area (Å²) in [5.41, 5.74) is 1.18. The van der Waals surface area contributed by atoms with E-state index in [1.54, 1.807) is 6.20 Å². The van der Waals surface area contributed by atoms with Crippen molar-refractivity contribution in [3.8, 4) is 5.88 Å². The summed E-state index contributed by atoms with van der Waals surface area (Å²) < 4.78 is 4.96. The Morgan fingerprint density at radius 2 is 2.26 bits per heavy atom. The molecule has 6 heteroatoms. The molecule has 98 valence electrons. The number of carbonyl (C=O) groups excluding carboxylic acids is 1. The Balaban J connectivity index is 2.06. The van der Waals surface area contributed by atoms with Gasteiger partial charge in [0.15, 0.2) is 0 Å². The molecule has 0 bridgehead atoms. The molecule has 0 saturated heterocycles. The van der Waals surface area contributed by atoms with Crippen molar-refractivity contribution in [3.05, 3.63) is 52.9 Å². The highest BCUT2D eigenvalue weighted by Crippen LogP contribution is 2.15. The molecule has 0 atom stereocenters. The zero-order valence-electron chi connectivity index (χ0n) is 10.3. The van der Waals surface area contributed by atoms with E-state index in [2.05, 4.69) is 15.3 Å². The highest BCUT2D eigenvalue weighted by atomic mass is 35.5. The Kier molecular flexibility index (Phi) is 4.30. The Morgan fingerprint density at radius 1 is 1.42 bits per heavy atom. The Labute approximate surface area is 115 Å². The molecule has 0 fully saturated rings. The molecule has 0 aliphatic heterocycles. The molecule has 0 saturated carbocycles. The summed E-state index contributed by atoms with van der Waals surface area (Å²) in [6, 6.07) is 8.53. The van der Waals surface area contributed by atoms with Gasteiger partial charge in [0.1, 0.15) is 5.15 Å². The zero-order chi connectivity index (χ0) is 13.7. The number of hydrogen-bond acceptors (Lipinski definition) is 4. The van der Waals surface area contributed by atoms with Crippen LogP contribution in [0.3, 0.4) is 0 Å². The van der Waals surface area contributed by atoms with Crippen molar-refractivity contribution in [2.45, 2.75) is 6.54 Å². The lowest BCUT2D eigenvalue weighted by molar-refractivity contribution is 0.0950. The van der Waals surface area contributed by atoms with E-state index in [4.69, 9.17) is 16.3 Å². The van der Waals surface area contributed by atoms with Crippen molar-refractivity contribution in [1.29, 1.82) is 0 Å². The van der Waals surface area contributed by atoms with Gasteiger partial charge in [-0.25, -0.2) is 4.98 Å². The first kappa shape index (κ1) is 13.3. The van der Waals surface area contributed by atoms with E-state index in [0.717, 1.165) is 5.69 Å². The average molecular weight is 278 g/mol. The van der Waals surface area contributed by atoms with Crippen LogP contribution in [0.4, 0.5) is 0 Å². The fourth-order valence-electron chi connectivity index (χ4n) is 1.48. The first-order valence-corrected chi connectivity index (χ1v) is 5.96. The number of nitrogens with one attached hydrogen (secondary N) is 1. The lowest BCUT2D eigenvalue weighted by Gasteiger charge is -2.06. The van der Waals surface area contributed by atoms with E-state index < -0.39 is 0 Å². The monoisotopic (exact) mass is 277 g/mol. The Hall–Kier alpha value is -2.14. The van der Waals surface area contributed by atoms with Gasteiger partial charge in [-0.2, -0.15) is 0 Å². The van der Waals surface area contributed by atoms with Crippen molar-refractivity contribution in [3.63, 3.8) is 0 Å². The number of pyridine rings is 2. The topological polar surface area (TPSA) is 64.1 Å².